The van der Waals surface area contributed by atoms with Crippen molar-refractivity contribution in [2.45, 2.75) is 56.1 Å². The third kappa shape index (κ3) is 2.28. The Labute approximate surface area is 110 Å². The van der Waals surface area contributed by atoms with Gasteiger partial charge < -0.3 is 25.2 Å². The second kappa shape index (κ2) is 4.64. The van der Waals surface area contributed by atoms with Crippen LogP contribution in [0.2, 0.25) is 0 Å². The zero-order valence-electron chi connectivity index (χ0n) is 10.5. The van der Waals surface area contributed by atoms with Crippen LogP contribution < -0.4 is 5.32 Å². The minimum Gasteiger partial charge on any atom is -0.480 e. The van der Waals surface area contributed by atoms with E-state index in [1.165, 1.54) is 4.90 Å². The van der Waals surface area contributed by atoms with E-state index in [2.05, 4.69) is 5.32 Å². The molecular formula is C12H18N2O5. The van der Waals surface area contributed by atoms with E-state index < -0.39 is 24.1 Å². The minimum absolute atomic E-state index is 0.0292. The van der Waals surface area contributed by atoms with Crippen molar-refractivity contribution in [2.75, 3.05) is 6.54 Å². The summed E-state index contributed by atoms with van der Waals surface area (Å²) in [7, 11) is 0. The molecule has 0 radical (unpaired) electrons. The van der Waals surface area contributed by atoms with Crippen LogP contribution in [0.15, 0.2) is 0 Å². The molecule has 3 rings (SSSR count). The van der Waals surface area contributed by atoms with Gasteiger partial charge in [-0.3, -0.25) is 0 Å². The molecule has 106 valence electrons. The second-order valence-electron chi connectivity index (χ2n) is 5.56. The summed E-state index contributed by atoms with van der Waals surface area (Å²) in [5, 5.41) is 21.4. The fourth-order valence-electron chi connectivity index (χ4n) is 3.30. The maximum absolute atomic E-state index is 12.1. The van der Waals surface area contributed by atoms with Crippen molar-refractivity contribution >= 4 is 12.0 Å². The predicted molar refractivity (Wildman–Crippen MR) is 63.6 cm³/mol. The Bertz CT molecular complexity index is 402. The fourth-order valence-corrected chi connectivity index (χ4v) is 3.30. The van der Waals surface area contributed by atoms with Crippen molar-refractivity contribution in [3.05, 3.63) is 0 Å². The van der Waals surface area contributed by atoms with Gasteiger partial charge in [0.05, 0.1) is 24.4 Å². The maximum atomic E-state index is 12.1. The van der Waals surface area contributed by atoms with E-state index in [0.717, 1.165) is 19.3 Å². The molecule has 0 aromatic heterocycles. The van der Waals surface area contributed by atoms with Gasteiger partial charge in [-0.05, 0) is 19.3 Å². The molecule has 3 N–H and O–H groups in total. The van der Waals surface area contributed by atoms with Gasteiger partial charge in [0.2, 0.25) is 0 Å². The molecule has 7 heteroatoms. The topological polar surface area (TPSA) is 99.1 Å². The molecule has 3 aliphatic rings. The summed E-state index contributed by atoms with van der Waals surface area (Å²) >= 11 is 0. The molecule has 3 fully saturated rings. The lowest BCUT2D eigenvalue weighted by molar-refractivity contribution is -0.141. The average Bonchev–Trinajstić information content (AvgIpc) is 3.02. The van der Waals surface area contributed by atoms with Crippen LogP contribution in [0.5, 0.6) is 0 Å². The molecule has 0 aromatic rings. The number of fused-ring (bicyclic) bond motifs is 2. The number of nitrogens with one attached hydrogen (secondary N) is 1. The first-order chi connectivity index (χ1) is 9.04. The highest BCUT2D eigenvalue weighted by molar-refractivity contribution is 5.83. The molecule has 0 saturated carbocycles. The Morgan fingerprint density at radius 1 is 1.26 bits per heavy atom. The van der Waals surface area contributed by atoms with Gasteiger partial charge in [-0.1, -0.05) is 0 Å². The normalized spacial score (nSPS) is 40.7. The third-order valence-corrected chi connectivity index (χ3v) is 4.24. The van der Waals surface area contributed by atoms with E-state index in [4.69, 9.17) is 9.84 Å². The number of aliphatic hydroxyl groups is 1. The summed E-state index contributed by atoms with van der Waals surface area (Å²) in [5.41, 5.74) is 0. The van der Waals surface area contributed by atoms with E-state index in [-0.39, 0.29) is 31.2 Å². The van der Waals surface area contributed by atoms with Crippen molar-refractivity contribution in [1.82, 2.24) is 10.2 Å². The van der Waals surface area contributed by atoms with Crippen LogP contribution in [0.3, 0.4) is 0 Å². The minimum atomic E-state index is -1.07. The summed E-state index contributed by atoms with van der Waals surface area (Å²) in [6.45, 7) is 0.0739. The highest BCUT2D eigenvalue weighted by atomic mass is 16.5. The lowest BCUT2D eigenvalue weighted by atomic mass is 9.96. The van der Waals surface area contributed by atoms with Crippen molar-refractivity contribution < 1.29 is 24.5 Å². The van der Waals surface area contributed by atoms with Crippen LogP contribution in [-0.2, 0) is 9.53 Å². The van der Waals surface area contributed by atoms with Gasteiger partial charge in [-0.2, -0.15) is 0 Å². The van der Waals surface area contributed by atoms with Gasteiger partial charge in [0, 0.05) is 13.0 Å². The van der Waals surface area contributed by atoms with Crippen LogP contribution in [0, 0.1) is 0 Å². The van der Waals surface area contributed by atoms with E-state index in [1.807, 2.05) is 0 Å². The number of likely N-dealkylation sites (tertiary alicyclic amines) is 1. The van der Waals surface area contributed by atoms with Gasteiger partial charge in [-0.15, -0.1) is 0 Å². The second-order valence-corrected chi connectivity index (χ2v) is 5.56. The molecule has 3 heterocycles. The number of β-amino-alcohol motifs (C(OH)–C–C–N with tert-alkyl or cyclic N) is 1. The van der Waals surface area contributed by atoms with Crippen LogP contribution >= 0.6 is 0 Å². The SMILES string of the molecule is O=C(O)[C@@H]1C[C@@H](O)CN1C(=O)NC1CC2CCC1O2. The summed E-state index contributed by atoms with van der Waals surface area (Å²) < 4.78 is 5.64. The van der Waals surface area contributed by atoms with Gasteiger partial charge in [-0.25, -0.2) is 9.59 Å². The number of amides is 2. The summed E-state index contributed by atoms with van der Waals surface area (Å²) in [5.74, 6) is -1.07. The molecule has 0 aliphatic carbocycles. The van der Waals surface area contributed by atoms with Gasteiger partial charge in [0.1, 0.15) is 6.04 Å². The van der Waals surface area contributed by atoms with Gasteiger partial charge in [0.15, 0.2) is 0 Å². The zero-order chi connectivity index (χ0) is 13.6. The number of aliphatic carboxylic acids is 1. The van der Waals surface area contributed by atoms with Crippen LogP contribution in [0.25, 0.3) is 0 Å². The van der Waals surface area contributed by atoms with Crippen molar-refractivity contribution in [1.29, 1.82) is 0 Å². The Balaban J connectivity index is 1.62. The molecule has 7 nitrogen and oxygen atoms in total. The number of aliphatic hydroxyl groups excluding tert-OH is 1. The molecule has 5 atom stereocenters. The van der Waals surface area contributed by atoms with Gasteiger partial charge >= 0.3 is 12.0 Å². The maximum Gasteiger partial charge on any atom is 0.326 e. The lowest BCUT2D eigenvalue weighted by Crippen LogP contribution is -2.51. The Kier molecular flexibility index (Phi) is 3.10. The summed E-state index contributed by atoms with van der Waals surface area (Å²) in [6.07, 6.45) is 2.40. The number of carboxylic acid groups (broad SMARTS) is 1. The molecular weight excluding hydrogens is 252 g/mol. The molecule has 3 saturated heterocycles. The van der Waals surface area contributed by atoms with Crippen molar-refractivity contribution in [3.63, 3.8) is 0 Å². The number of carbonyl (C=O) groups excluding carboxylic acids is 1. The standard InChI is InChI=1S/C12H18N2O5/c15-6-3-9(11(16)17)14(5-6)12(18)13-8-4-7-1-2-10(8)19-7/h6-10,15H,1-5H2,(H,13,18)(H,16,17)/t6-,7?,8?,9+,10?/m1/s1. The first-order valence-corrected chi connectivity index (χ1v) is 6.68. The predicted octanol–water partition coefficient (Wildman–Crippen LogP) is -0.464. The molecule has 0 aromatic carbocycles. The molecule has 0 spiro atoms. The van der Waals surface area contributed by atoms with Crippen molar-refractivity contribution in [2.24, 2.45) is 0 Å². The third-order valence-electron chi connectivity index (χ3n) is 4.24. The number of nitrogens with zero attached hydrogens (tertiary/aromatic N) is 1. The number of ether oxygens (including phenoxy) is 1. The zero-order valence-corrected chi connectivity index (χ0v) is 10.5. The lowest BCUT2D eigenvalue weighted by Gasteiger charge is -2.26. The molecule has 19 heavy (non-hydrogen) atoms. The Hall–Kier alpha value is -1.34. The first kappa shape index (κ1) is 12.7. The molecule has 3 unspecified atom stereocenters. The van der Waals surface area contributed by atoms with E-state index in [9.17, 15) is 14.7 Å². The van der Waals surface area contributed by atoms with Crippen LogP contribution in [0.4, 0.5) is 4.79 Å². The quantitative estimate of drug-likeness (QED) is 0.630. The number of carboxylic acids is 1. The molecule has 3 aliphatic heterocycles. The first-order valence-electron chi connectivity index (χ1n) is 6.68. The largest absolute Gasteiger partial charge is 0.480 e. The van der Waals surface area contributed by atoms with E-state index >= 15 is 0 Å². The average molecular weight is 270 g/mol. The highest BCUT2D eigenvalue weighted by Gasteiger charge is 2.44. The number of hydrogen-bond donors (Lipinski definition) is 3. The number of carbonyl (C=O) groups is 2. The summed E-state index contributed by atoms with van der Waals surface area (Å²) in [6, 6.07) is -1.38. The van der Waals surface area contributed by atoms with Gasteiger partial charge in [0.25, 0.3) is 0 Å². The highest BCUT2D eigenvalue weighted by Crippen LogP contribution is 2.34. The smallest absolute Gasteiger partial charge is 0.326 e. The van der Waals surface area contributed by atoms with Crippen LogP contribution in [0.1, 0.15) is 25.7 Å². The molecule has 2 amide bonds. The van der Waals surface area contributed by atoms with Crippen molar-refractivity contribution in [3.8, 4) is 0 Å². The Morgan fingerprint density at radius 2 is 2.05 bits per heavy atom. The molecule has 2 bridgehead atoms. The summed E-state index contributed by atoms with van der Waals surface area (Å²) in [4.78, 5) is 24.4. The van der Waals surface area contributed by atoms with Crippen LogP contribution in [-0.4, -0.2) is 64.1 Å². The monoisotopic (exact) mass is 270 g/mol. The fraction of sp³-hybridized carbons (Fsp3) is 0.833. The number of rotatable bonds is 2. The number of urea groups is 1. The van der Waals surface area contributed by atoms with E-state index in [1.54, 1.807) is 0 Å². The van der Waals surface area contributed by atoms with E-state index in [0.29, 0.717) is 0 Å². The Morgan fingerprint density at radius 3 is 2.63 bits per heavy atom. The number of hydrogen-bond acceptors (Lipinski definition) is 4.